The van der Waals surface area contributed by atoms with Gasteiger partial charge in [-0.25, -0.2) is 0 Å². The summed E-state index contributed by atoms with van der Waals surface area (Å²) in [6.07, 6.45) is 1.66. The smallest absolute Gasteiger partial charge is 0.256 e. The Hall–Kier alpha value is -1.95. The molecule has 3 rings (SSSR count). The number of hydrogen-bond donors (Lipinski definition) is 1. The number of carbonyl (C=O) groups is 1. The normalized spacial score (nSPS) is 10.4. The minimum atomic E-state index is -0.120. The van der Waals surface area contributed by atoms with E-state index in [0.29, 0.717) is 5.56 Å². The number of para-hydroxylation sites is 1. The molecule has 3 nitrogen and oxygen atoms in total. The molecule has 1 heterocycles. The zero-order valence-corrected chi connectivity index (χ0v) is 12.7. The molecule has 0 bridgehead atoms. The number of benzene rings is 2. The maximum absolute atomic E-state index is 12.4. The molecule has 1 N–H and O–H groups in total. The third-order valence-electron chi connectivity index (χ3n) is 2.98. The van der Waals surface area contributed by atoms with Gasteiger partial charge in [0.2, 0.25) is 0 Å². The molecule has 2 aromatic carbocycles. The predicted octanol–water partition coefficient (Wildman–Crippen LogP) is 4.09. The van der Waals surface area contributed by atoms with Crippen LogP contribution >= 0.6 is 22.6 Å². The number of rotatable bonds is 2. The highest BCUT2D eigenvalue weighted by Crippen LogP contribution is 2.18. The number of nitrogens with one attached hydrogen (secondary N) is 1. The largest absolute Gasteiger partial charge is 0.322 e. The van der Waals surface area contributed by atoms with Crippen LogP contribution < -0.4 is 5.32 Å². The number of pyridine rings is 1. The predicted molar refractivity (Wildman–Crippen MR) is 88.9 cm³/mol. The van der Waals surface area contributed by atoms with E-state index >= 15 is 0 Å². The lowest BCUT2D eigenvalue weighted by molar-refractivity contribution is 0.102. The SMILES string of the molecule is O=C(Nc1cccc(I)c1)c1ccnc2ccccc12. The Labute approximate surface area is 130 Å². The van der Waals surface area contributed by atoms with Crippen LogP contribution in [0.5, 0.6) is 0 Å². The van der Waals surface area contributed by atoms with Crippen LogP contribution in [-0.2, 0) is 0 Å². The third-order valence-corrected chi connectivity index (χ3v) is 3.65. The number of amides is 1. The van der Waals surface area contributed by atoms with Gasteiger partial charge in [-0.3, -0.25) is 9.78 Å². The fourth-order valence-electron chi connectivity index (χ4n) is 2.06. The molecular formula is C16H11IN2O. The Bertz CT molecular complexity index is 781. The molecule has 0 fully saturated rings. The molecule has 0 aliphatic rings. The van der Waals surface area contributed by atoms with Crippen LogP contribution in [0.4, 0.5) is 5.69 Å². The second-order valence-electron chi connectivity index (χ2n) is 4.34. The van der Waals surface area contributed by atoms with Crippen LogP contribution in [0.25, 0.3) is 10.9 Å². The summed E-state index contributed by atoms with van der Waals surface area (Å²) in [4.78, 5) is 16.7. The summed E-state index contributed by atoms with van der Waals surface area (Å²) in [5.74, 6) is -0.120. The van der Waals surface area contributed by atoms with Crippen molar-refractivity contribution in [1.82, 2.24) is 4.98 Å². The number of carbonyl (C=O) groups excluding carboxylic acids is 1. The number of fused-ring (bicyclic) bond motifs is 1. The van der Waals surface area contributed by atoms with Gasteiger partial charge in [0.15, 0.2) is 0 Å². The molecule has 0 saturated heterocycles. The molecule has 0 aliphatic carbocycles. The van der Waals surface area contributed by atoms with Crippen molar-refractivity contribution < 1.29 is 4.79 Å². The second kappa shape index (κ2) is 5.58. The molecule has 1 amide bonds. The lowest BCUT2D eigenvalue weighted by atomic mass is 10.1. The lowest BCUT2D eigenvalue weighted by Crippen LogP contribution is -2.12. The van der Waals surface area contributed by atoms with Gasteiger partial charge in [-0.15, -0.1) is 0 Å². The Morgan fingerprint density at radius 2 is 1.90 bits per heavy atom. The molecule has 0 radical (unpaired) electrons. The highest BCUT2D eigenvalue weighted by molar-refractivity contribution is 14.1. The van der Waals surface area contributed by atoms with E-state index in [0.717, 1.165) is 20.2 Å². The summed E-state index contributed by atoms with van der Waals surface area (Å²) in [6.45, 7) is 0. The molecule has 0 atom stereocenters. The average Bonchev–Trinajstić information content (AvgIpc) is 2.46. The van der Waals surface area contributed by atoms with Crippen LogP contribution in [0.1, 0.15) is 10.4 Å². The molecule has 0 saturated carbocycles. The molecule has 0 spiro atoms. The Balaban J connectivity index is 1.97. The number of hydrogen-bond acceptors (Lipinski definition) is 2. The van der Waals surface area contributed by atoms with Gasteiger partial charge in [0.25, 0.3) is 5.91 Å². The minimum absolute atomic E-state index is 0.120. The molecule has 98 valence electrons. The minimum Gasteiger partial charge on any atom is -0.322 e. The number of nitrogens with zero attached hydrogens (tertiary/aromatic N) is 1. The van der Waals surface area contributed by atoms with Crippen molar-refractivity contribution in [2.24, 2.45) is 0 Å². The Morgan fingerprint density at radius 3 is 2.75 bits per heavy atom. The van der Waals surface area contributed by atoms with E-state index < -0.39 is 0 Å². The van der Waals surface area contributed by atoms with Crippen LogP contribution in [-0.4, -0.2) is 10.9 Å². The maximum Gasteiger partial charge on any atom is 0.256 e. The van der Waals surface area contributed by atoms with E-state index in [2.05, 4.69) is 32.9 Å². The molecule has 4 heteroatoms. The highest BCUT2D eigenvalue weighted by Gasteiger charge is 2.10. The summed E-state index contributed by atoms with van der Waals surface area (Å²) in [5.41, 5.74) is 2.25. The maximum atomic E-state index is 12.4. The van der Waals surface area contributed by atoms with E-state index in [1.165, 1.54) is 0 Å². The summed E-state index contributed by atoms with van der Waals surface area (Å²) in [7, 11) is 0. The van der Waals surface area contributed by atoms with Crippen LogP contribution in [0.2, 0.25) is 0 Å². The summed E-state index contributed by atoms with van der Waals surface area (Å²) in [6, 6.07) is 17.1. The monoisotopic (exact) mass is 374 g/mol. The first-order valence-electron chi connectivity index (χ1n) is 6.15. The van der Waals surface area contributed by atoms with Crippen LogP contribution in [0.3, 0.4) is 0 Å². The first-order chi connectivity index (χ1) is 9.74. The third kappa shape index (κ3) is 2.65. The zero-order chi connectivity index (χ0) is 13.9. The lowest BCUT2D eigenvalue weighted by Gasteiger charge is -2.08. The second-order valence-corrected chi connectivity index (χ2v) is 5.59. The van der Waals surface area contributed by atoms with Crippen LogP contribution in [0.15, 0.2) is 60.8 Å². The fraction of sp³-hybridized carbons (Fsp3) is 0. The molecular weight excluding hydrogens is 363 g/mol. The molecule has 0 unspecified atom stereocenters. The van der Waals surface area contributed by atoms with Gasteiger partial charge in [-0.05, 0) is 52.9 Å². The molecule has 1 aromatic heterocycles. The number of aromatic nitrogens is 1. The van der Waals surface area contributed by atoms with Crippen molar-refractivity contribution >= 4 is 45.1 Å². The van der Waals surface area contributed by atoms with E-state index in [-0.39, 0.29) is 5.91 Å². The van der Waals surface area contributed by atoms with Crippen molar-refractivity contribution in [1.29, 1.82) is 0 Å². The Kier molecular flexibility index (Phi) is 3.64. The van der Waals surface area contributed by atoms with Crippen molar-refractivity contribution in [2.45, 2.75) is 0 Å². The zero-order valence-electron chi connectivity index (χ0n) is 10.5. The van der Waals surface area contributed by atoms with Crippen LogP contribution in [0, 0.1) is 3.57 Å². The highest BCUT2D eigenvalue weighted by atomic mass is 127. The summed E-state index contributed by atoms with van der Waals surface area (Å²) < 4.78 is 1.08. The van der Waals surface area contributed by atoms with E-state index in [1.54, 1.807) is 12.3 Å². The standard InChI is InChI=1S/C16H11IN2O/c17-11-4-3-5-12(10-11)19-16(20)14-8-9-18-15-7-2-1-6-13(14)15/h1-10H,(H,19,20). The first kappa shape index (κ1) is 13.1. The molecule has 20 heavy (non-hydrogen) atoms. The topological polar surface area (TPSA) is 42.0 Å². The van der Waals surface area contributed by atoms with Gasteiger partial charge in [-0.2, -0.15) is 0 Å². The van der Waals surface area contributed by atoms with Crippen molar-refractivity contribution in [3.05, 3.63) is 69.9 Å². The van der Waals surface area contributed by atoms with Crippen molar-refractivity contribution in [3.8, 4) is 0 Å². The van der Waals surface area contributed by atoms with Gasteiger partial charge in [-0.1, -0.05) is 24.3 Å². The van der Waals surface area contributed by atoms with E-state index in [9.17, 15) is 4.79 Å². The van der Waals surface area contributed by atoms with Gasteiger partial charge >= 0.3 is 0 Å². The molecule has 3 aromatic rings. The Morgan fingerprint density at radius 1 is 1.05 bits per heavy atom. The fourth-order valence-corrected chi connectivity index (χ4v) is 2.60. The number of halogens is 1. The summed E-state index contributed by atoms with van der Waals surface area (Å²) >= 11 is 2.22. The summed E-state index contributed by atoms with van der Waals surface area (Å²) in [5, 5.41) is 3.78. The molecule has 0 aliphatic heterocycles. The van der Waals surface area contributed by atoms with Crippen molar-refractivity contribution in [3.63, 3.8) is 0 Å². The van der Waals surface area contributed by atoms with Gasteiger partial charge in [0.05, 0.1) is 11.1 Å². The van der Waals surface area contributed by atoms with Gasteiger partial charge < -0.3 is 5.32 Å². The number of anilines is 1. The van der Waals surface area contributed by atoms with E-state index in [4.69, 9.17) is 0 Å². The average molecular weight is 374 g/mol. The van der Waals surface area contributed by atoms with E-state index in [1.807, 2.05) is 48.5 Å². The van der Waals surface area contributed by atoms with Gasteiger partial charge in [0, 0.05) is 20.8 Å². The quantitative estimate of drug-likeness (QED) is 0.687. The first-order valence-corrected chi connectivity index (χ1v) is 7.22. The van der Waals surface area contributed by atoms with Gasteiger partial charge in [0.1, 0.15) is 0 Å². The van der Waals surface area contributed by atoms with Crippen molar-refractivity contribution in [2.75, 3.05) is 5.32 Å².